The Bertz CT molecular complexity index is 1730. The van der Waals surface area contributed by atoms with Crippen LogP contribution >= 0.6 is 0 Å². The van der Waals surface area contributed by atoms with Gasteiger partial charge in [0.2, 0.25) is 0 Å². The Morgan fingerprint density at radius 2 is 1.56 bits per heavy atom. The Hall–Kier alpha value is -4.82. The second-order valence-electron chi connectivity index (χ2n) is 9.99. The smallest absolute Gasteiger partial charge is 0.310 e. The Morgan fingerprint density at radius 3 is 2.19 bits per heavy atom. The van der Waals surface area contributed by atoms with Crippen molar-refractivity contribution < 1.29 is 33.1 Å². The Labute approximate surface area is 252 Å². The summed E-state index contributed by atoms with van der Waals surface area (Å²) in [4.78, 5) is 22.9. The lowest BCUT2D eigenvalue weighted by molar-refractivity contribution is -0.138. The first-order valence-corrected chi connectivity index (χ1v) is 15.0. The number of carboxylic acid groups (broad SMARTS) is 2. The van der Waals surface area contributed by atoms with Gasteiger partial charge < -0.3 is 14.9 Å². The summed E-state index contributed by atoms with van der Waals surface area (Å²) in [5, 5.41) is 18.1. The van der Waals surface area contributed by atoms with Crippen molar-refractivity contribution in [2.45, 2.75) is 31.1 Å². The van der Waals surface area contributed by atoms with Crippen LogP contribution in [-0.2, 0) is 20.4 Å². The zero-order valence-corrected chi connectivity index (χ0v) is 24.7. The number of halogens is 1. The van der Waals surface area contributed by atoms with Crippen LogP contribution in [-0.4, -0.2) is 32.6 Å². The maximum atomic E-state index is 13.7. The number of fused-ring (bicyclic) bond motifs is 1. The van der Waals surface area contributed by atoms with E-state index >= 15 is 0 Å². The van der Waals surface area contributed by atoms with E-state index in [-0.39, 0.29) is 12.2 Å². The van der Waals surface area contributed by atoms with Crippen LogP contribution in [0.1, 0.15) is 48.4 Å². The molecule has 6 nitrogen and oxygen atoms in total. The quantitative estimate of drug-likeness (QED) is 0.213. The van der Waals surface area contributed by atoms with Gasteiger partial charge in [-0.05, 0) is 107 Å². The van der Waals surface area contributed by atoms with Crippen molar-refractivity contribution in [2.75, 3.05) is 6.26 Å². The Kier molecular flexibility index (Phi) is 10.1. The number of benzene rings is 4. The van der Waals surface area contributed by atoms with Crippen LogP contribution in [0.3, 0.4) is 0 Å². The van der Waals surface area contributed by atoms with Gasteiger partial charge in [0.15, 0.2) is 0 Å². The minimum absolute atomic E-state index is 0.145. The molecule has 4 aromatic rings. The molecule has 0 aromatic heterocycles. The van der Waals surface area contributed by atoms with Crippen molar-refractivity contribution in [3.63, 3.8) is 0 Å². The molecule has 0 saturated carbocycles. The molecule has 2 unspecified atom stereocenters. The highest BCUT2D eigenvalue weighted by atomic mass is 32.2. The van der Waals surface area contributed by atoms with Gasteiger partial charge in [0, 0.05) is 22.0 Å². The highest BCUT2D eigenvalue weighted by Gasteiger charge is 2.25. The summed E-state index contributed by atoms with van der Waals surface area (Å²) in [7, 11) is -1.04. The second kappa shape index (κ2) is 13.9. The van der Waals surface area contributed by atoms with Crippen molar-refractivity contribution in [3.05, 3.63) is 131 Å². The molecule has 0 heterocycles. The van der Waals surface area contributed by atoms with Gasteiger partial charge in [0.05, 0.1) is 12.3 Å². The van der Waals surface area contributed by atoms with Crippen LogP contribution in [0.25, 0.3) is 17.2 Å². The fourth-order valence-corrected chi connectivity index (χ4v) is 5.19. The van der Waals surface area contributed by atoms with Crippen molar-refractivity contribution in [3.8, 4) is 11.5 Å². The monoisotopic (exact) mass is 598 g/mol. The highest BCUT2D eigenvalue weighted by molar-refractivity contribution is 7.84. The molecule has 43 heavy (non-hydrogen) atoms. The molecule has 8 heteroatoms. The third kappa shape index (κ3) is 7.93. The summed E-state index contributed by atoms with van der Waals surface area (Å²) in [5.41, 5.74) is 5.48. The lowest BCUT2D eigenvalue weighted by Gasteiger charge is -2.10. The molecule has 4 aromatic carbocycles. The van der Waals surface area contributed by atoms with E-state index in [1.807, 2.05) is 61.5 Å². The van der Waals surface area contributed by atoms with Gasteiger partial charge >= 0.3 is 11.9 Å². The number of allylic oxidation sites excluding steroid dienone is 2. The number of carboxylic acids is 2. The number of hydrogen-bond acceptors (Lipinski definition) is 4. The van der Waals surface area contributed by atoms with E-state index in [0.29, 0.717) is 16.9 Å². The molecule has 0 bridgehead atoms. The summed E-state index contributed by atoms with van der Waals surface area (Å²) in [6.45, 7) is 3.52. The van der Waals surface area contributed by atoms with Gasteiger partial charge in [-0.1, -0.05) is 48.5 Å². The largest absolute Gasteiger partial charge is 0.481 e. The maximum Gasteiger partial charge on any atom is 0.310 e. The minimum Gasteiger partial charge on any atom is -0.481 e. The van der Waals surface area contributed by atoms with Crippen molar-refractivity contribution in [1.29, 1.82) is 0 Å². The van der Waals surface area contributed by atoms with E-state index in [1.54, 1.807) is 49.6 Å². The van der Waals surface area contributed by atoms with Crippen LogP contribution in [0.5, 0.6) is 11.5 Å². The summed E-state index contributed by atoms with van der Waals surface area (Å²) in [6.07, 6.45) is 3.43. The zero-order chi connectivity index (χ0) is 31.1. The Morgan fingerprint density at radius 1 is 0.884 bits per heavy atom. The summed E-state index contributed by atoms with van der Waals surface area (Å²) < 4.78 is 30.8. The van der Waals surface area contributed by atoms with Crippen LogP contribution in [0.2, 0.25) is 0 Å². The fraction of sp³-hybridized carbons (Fsp3) is 0.143. The fourth-order valence-electron chi connectivity index (χ4n) is 4.67. The van der Waals surface area contributed by atoms with E-state index in [0.717, 1.165) is 38.5 Å². The third-order valence-electron chi connectivity index (χ3n) is 7.01. The molecule has 0 saturated heterocycles. The minimum atomic E-state index is -1.04. The van der Waals surface area contributed by atoms with Crippen molar-refractivity contribution >= 4 is 40.0 Å². The predicted molar refractivity (Wildman–Crippen MR) is 167 cm³/mol. The van der Waals surface area contributed by atoms with E-state index in [2.05, 4.69) is 0 Å². The SMILES string of the molecule is CC(C(=O)O)c1cccc(Oc2ccccc2)c1.CC1=C(CC(=O)O)c2cc(F)ccc2/C1=C\c1ccc(S(C)=O)cc1. The number of carbonyl (C=O) groups is 2. The van der Waals surface area contributed by atoms with Crippen LogP contribution in [0.4, 0.5) is 4.39 Å². The molecule has 0 spiro atoms. The summed E-state index contributed by atoms with van der Waals surface area (Å²) >= 11 is 0. The first-order valence-electron chi connectivity index (χ1n) is 13.5. The molecule has 0 fully saturated rings. The third-order valence-corrected chi connectivity index (χ3v) is 7.95. The molecular weight excluding hydrogens is 567 g/mol. The standard InChI is InChI=1S/C20H17FO3S.C15H14O3/c1-12-17(9-13-3-6-15(7-4-13)25(2)24)16-8-5-14(21)10-19(16)18(12)11-20(22)23;1-11(15(16)17)12-6-5-9-14(10-12)18-13-7-3-2-4-8-13/h3-10H,11H2,1-2H3,(H,22,23);2-11H,1H3,(H,16,17)/b17-9-;. The normalized spacial score (nSPS) is 14.4. The first kappa shape index (κ1) is 31.1. The average Bonchev–Trinajstić information content (AvgIpc) is 3.22. The molecule has 5 rings (SSSR count). The topological polar surface area (TPSA) is 101 Å². The average molecular weight is 599 g/mol. The van der Waals surface area contributed by atoms with Gasteiger partial charge in [0.25, 0.3) is 0 Å². The van der Waals surface area contributed by atoms with Gasteiger partial charge in [-0.2, -0.15) is 0 Å². The van der Waals surface area contributed by atoms with E-state index in [1.165, 1.54) is 12.1 Å². The van der Waals surface area contributed by atoms with Crippen molar-refractivity contribution in [1.82, 2.24) is 0 Å². The summed E-state index contributed by atoms with van der Waals surface area (Å²) in [6, 6.07) is 28.4. The maximum absolute atomic E-state index is 13.7. The number of hydrogen-bond donors (Lipinski definition) is 2. The molecule has 0 aliphatic heterocycles. The molecular formula is C35H31FO6S. The molecule has 1 aliphatic carbocycles. The molecule has 2 N–H and O–H groups in total. The summed E-state index contributed by atoms with van der Waals surface area (Å²) in [5.74, 6) is -1.33. The first-order chi connectivity index (χ1) is 20.5. The molecule has 0 amide bonds. The van der Waals surface area contributed by atoms with Gasteiger partial charge in [-0.25, -0.2) is 4.39 Å². The van der Waals surface area contributed by atoms with Gasteiger partial charge in [0.1, 0.15) is 17.3 Å². The Balaban J connectivity index is 0.000000208. The lowest BCUT2D eigenvalue weighted by atomic mass is 10.0. The second-order valence-corrected chi connectivity index (χ2v) is 11.4. The van der Waals surface area contributed by atoms with Gasteiger partial charge in [-0.15, -0.1) is 0 Å². The number of rotatable bonds is 8. The molecule has 220 valence electrons. The van der Waals surface area contributed by atoms with Crippen LogP contribution in [0, 0.1) is 5.82 Å². The van der Waals surface area contributed by atoms with Crippen molar-refractivity contribution in [2.24, 2.45) is 0 Å². The molecule has 1 aliphatic rings. The molecule has 2 atom stereocenters. The zero-order valence-electron chi connectivity index (χ0n) is 23.9. The predicted octanol–water partition coefficient (Wildman–Crippen LogP) is 8.03. The van der Waals surface area contributed by atoms with Crippen LogP contribution < -0.4 is 4.74 Å². The van der Waals surface area contributed by atoms with E-state index in [4.69, 9.17) is 14.9 Å². The highest BCUT2D eigenvalue weighted by Crippen LogP contribution is 2.43. The van der Waals surface area contributed by atoms with E-state index < -0.39 is 28.7 Å². The van der Waals surface area contributed by atoms with Crippen LogP contribution in [0.15, 0.2) is 108 Å². The van der Waals surface area contributed by atoms with E-state index in [9.17, 15) is 18.2 Å². The number of ether oxygens (including phenoxy) is 1. The number of para-hydroxylation sites is 1. The van der Waals surface area contributed by atoms with Gasteiger partial charge in [-0.3, -0.25) is 13.8 Å². The number of aliphatic carboxylic acids is 2. The lowest BCUT2D eigenvalue weighted by Crippen LogP contribution is -2.07. The molecule has 0 radical (unpaired) electrons.